The van der Waals surface area contributed by atoms with Crippen LogP contribution in [-0.2, 0) is 14.3 Å². The van der Waals surface area contributed by atoms with Crippen LogP contribution in [0.25, 0.3) is 0 Å². The molecule has 24 heavy (non-hydrogen) atoms. The van der Waals surface area contributed by atoms with E-state index in [1.807, 2.05) is 0 Å². The molecule has 0 aromatic carbocycles. The lowest BCUT2D eigenvalue weighted by molar-refractivity contribution is -0.178. The van der Waals surface area contributed by atoms with Crippen LogP contribution >= 0.6 is 0 Å². The van der Waals surface area contributed by atoms with Crippen molar-refractivity contribution in [2.24, 2.45) is 5.92 Å². The fraction of sp³-hybridized carbons (Fsp3) is 0.867. The van der Waals surface area contributed by atoms with Crippen LogP contribution in [0.5, 0.6) is 0 Å². The number of esters is 1. The van der Waals surface area contributed by atoms with E-state index in [1.165, 1.54) is 24.0 Å². The number of halogens is 3. The summed E-state index contributed by atoms with van der Waals surface area (Å²) in [6.45, 7) is 0.674. The maximum Gasteiger partial charge on any atom is 0.409 e. The first-order valence-electron chi connectivity index (χ1n) is 8.01. The fourth-order valence-electron chi connectivity index (χ4n) is 3.65. The quantitative estimate of drug-likeness (QED) is 0.728. The van der Waals surface area contributed by atoms with E-state index < -0.39 is 36.2 Å². The summed E-state index contributed by atoms with van der Waals surface area (Å²) in [6.07, 6.45) is -3.64. The molecule has 3 atom stereocenters. The van der Waals surface area contributed by atoms with Gasteiger partial charge in [0.2, 0.25) is 0 Å². The number of carbonyl (C=O) groups is 2. The van der Waals surface area contributed by atoms with Crippen LogP contribution in [0.3, 0.4) is 0 Å². The Labute approximate surface area is 138 Å². The number of ether oxygens (including phenoxy) is 2. The van der Waals surface area contributed by atoms with Gasteiger partial charge in [0.25, 0.3) is 0 Å². The molecule has 2 rings (SSSR count). The van der Waals surface area contributed by atoms with Gasteiger partial charge in [-0.05, 0) is 32.2 Å². The smallest absolute Gasteiger partial charge is 0.409 e. The summed E-state index contributed by atoms with van der Waals surface area (Å²) >= 11 is 0. The van der Waals surface area contributed by atoms with Gasteiger partial charge in [0.15, 0.2) is 0 Å². The van der Waals surface area contributed by atoms with Gasteiger partial charge < -0.3 is 14.4 Å². The van der Waals surface area contributed by atoms with Gasteiger partial charge in [0, 0.05) is 19.1 Å². The first-order valence-corrected chi connectivity index (χ1v) is 8.01. The Morgan fingerprint density at radius 1 is 1.12 bits per heavy atom. The lowest BCUT2D eigenvalue weighted by Gasteiger charge is -2.40. The van der Waals surface area contributed by atoms with E-state index in [4.69, 9.17) is 9.47 Å². The van der Waals surface area contributed by atoms with Crippen LogP contribution in [0.4, 0.5) is 18.0 Å². The molecule has 6 nitrogen and oxygen atoms in total. The molecule has 3 unspecified atom stereocenters. The highest BCUT2D eigenvalue weighted by atomic mass is 19.4. The molecule has 0 aromatic rings. The zero-order valence-electron chi connectivity index (χ0n) is 13.8. The Bertz CT molecular complexity index is 472. The van der Waals surface area contributed by atoms with Crippen LogP contribution in [0.15, 0.2) is 0 Å². The molecule has 0 bridgehead atoms. The van der Waals surface area contributed by atoms with E-state index in [0.29, 0.717) is 19.4 Å². The SMILES string of the molecule is COC(=O)C1CCN(C(=O)OC)C(CN2CCCC2C(F)(F)F)C1. The van der Waals surface area contributed by atoms with Gasteiger partial charge in [-0.1, -0.05) is 0 Å². The maximum atomic E-state index is 13.1. The molecule has 0 N–H and O–H groups in total. The van der Waals surface area contributed by atoms with Gasteiger partial charge in [0.05, 0.1) is 20.1 Å². The minimum atomic E-state index is -4.29. The van der Waals surface area contributed by atoms with Gasteiger partial charge in [-0.25, -0.2) is 4.79 Å². The van der Waals surface area contributed by atoms with E-state index in [-0.39, 0.29) is 25.9 Å². The molecule has 2 aliphatic rings. The Kier molecular flexibility index (Phi) is 5.95. The Morgan fingerprint density at radius 2 is 1.83 bits per heavy atom. The summed E-state index contributed by atoms with van der Waals surface area (Å²) in [5.41, 5.74) is 0. The van der Waals surface area contributed by atoms with Crippen molar-refractivity contribution in [2.45, 2.75) is 43.9 Å². The summed E-state index contributed by atoms with van der Waals surface area (Å²) in [6, 6.07) is -1.99. The van der Waals surface area contributed by atoms with Crippen LogP contribution in [0.1, 0.15) is 25.7 Å². The van der Waals surface area contributed by atoms with Gasteiger partial charge in [-0.3, -0.25) is 9.69 Å². The molecule has 2 aliphatic heterocycles. The van der Waals surface area contributed by atoms with Crippen molar-refractivity contribution in [1.82, 2.24) is 9.80 Å². The van der Waals surface area contributed by atoms with E-state index in [2.05, 4.69) is 0 Å². The second-order valence-electron chi connectivity index (χ2n) is 6.26. The molecular formula is C15H23F3N2O4. The van der Waals surface area contributed by atoms with Crippen molar-refractivity contribution in [2.75, 3.05) is 33.9 Å². The number of amides is 1. The predicted molar refractivity (Wildman–Crippen MR) is 78.3 cm³/mol. The van der Waals surface area contributed by atoms with Gasteiger partial charge in [-0.15, -0.1) is 0 Å². The molecule has 0 aromatic heterocycles. The summed E-state index contributed by atoms with van der Waals surface area (Å²) in [7, 11) is 2.52. The number of methoxy groups -OCH3 is 2. The lowest BCUT2D eigenvalue weighted by atomic mass is 9.90. The molecule has 2 saturated heterocycles. The molecule has 0 spiro atoms. The highest BCUT2D eigenvalue weighted by molar-refractivity contribution is 5.73. The van der Waals surface area contributed by atoms with Crippen molar-refractivity contribution in [3.63, 3.8) is 0 Å². The topological polar surface area (TPSA) is 59.1 Å². The Hall–Kier alpha value is -1.51. The van der Waals surface area contributed by atoms with Crippen LogP contribution in [0, 0.1) is 5.92 Å². The Balaban J connectivity index is 2.11. The molecule has 138 valence electrons. The van der Waals surface area contributed by atoms with E-state index >= 15 is 0 Å². The highest BCUT2D eigenvalue weighted by Crippen LogP contribution is 2.34. The lowest BCUT2D eigenvalue weighted by Crippen LogP contribution is -2.54. The molecule has 2 fully saturated rings. The third-order valence-corrected chi connectivity index (χ3v) is 4.85. The third-order valence-electron chi connectivity index (χ3n) is 4.85. The first-order chi connectivity index (χ1) is 11.3. The maximum absolute atomic E-state index is 13.1. The molecule has 9 heteroatoms. The normalized spacial score (nSPS) is 28.7. The van der Waals surface area contributed by atoms with Gasteiger partial charge in [-0.2, -0.15) is 13.2 Å². The van der Waals surface area contributed by atoms with Crippen molar-refractivity contribution < 1.29 is 32.2 Å². The number of alkyl halides is 3. The van der Waals surface area contributed by atoms with Crippen molar-refractivity contribution in [3.05, 3.63) is 0 Å². The van der Waals surface area contributed by atoms with Crippen LogP contribution in [0.2, 0.25) is 0 Å². The summed E-state index contributed by atoms with van der Waals surface area (Å²) in [4.78, 5) is 26.5. The zero-order valence-corrected chi connectivity index (χ0v) is 13.8. The number of hydrogen-bond acceptors (Lipinski definition) is 5. The van der Waals surface area contributed by atoms with Crippen LogP contribution < -0.4 is 0 Å². The highest BCUT2D eigenvalue weighted by Gasteiger charge is 2.47. The van der Waals surface area contributed by atoms with E-state index in [0.717, 1.165) is 0 Å². The second kappa shape index (κ2) is 7.58. The number of nitrogens with zero attached hydrogens (tertiary/aromatic N) is 2. The molecule has 1 amide bonds. The number of hydrogen-bond donors (Lipinski definition) is 0. The first kappa shape index (κ1) is 18.8. The standard InChI is InChI=1S/C15H23F3N2O4/c1-23-13(21)10-5-7-20(14(22)24-2)11(8-10)9-19-6-3-4-12(19)15(16,17)18/h10-12H,3-9H2,1-2H3. The number of carbonyl (C=O) groups excluding carboxylic acids is 2. The van der Waals surface area contributed by atoms with Gasteiger partial charge in [0.1, 0.15) is 6.04 Å². The molecular weight excluding hydrogens is 329 g/mol. The summed E-state index contributed by atoms with van der Waals surface area (Å²) in [5.74, 6) is -0.800. The second-order valence-corrected chi connectivity index (χ2v) is 6.26. The third kappa shape index (κ3) is 4.12. The number of likely N-dealkylation sites (tertiary alicyclic amines) is 2. The number of piperidine rings is 1. The minimum absolute atomic E-state index is 0.0644. The molecule has 0 aliphatic carbocycles. The summed E-state index contributed by atoms with van der Waals surface area (Å²) in [5, 5.41) is 0. The van der Waals surface area contributed by atoms with E-state index in [9.17, 15) is 22.8 Å². The molecule has 0 saturated carbocycles. The van der Waals surface area contributed by atoms with E-state index in [1.54, 1.807) is 0 Å². The largest absolute Gasteiger partial charge is 0.469 e. The monoisotopic (exact) mass is 352 g/mol. The fourth-order valence-corrected chi connectivity index (χ4v) is 3.65. The van der Waals surface area contributed by atoms with Crippen molar-refractivity contribution in [3.8, 4) is 0 Å². The van der Waals surface area contributed by atoms with Gasteiger partial charge >= 0.3 is 18.2 Å². The average Bonchev–Trinajstić information content (AvgIpc) is 3.01. The molecule has 0 radical (unpaired) electrons. The van der Waals surface area contributed by atoms with Crippen molar-refractivity contribution in [1.29, 1.82) is 0 Å². The summed E-state index contributed by atoms with van der Waals surface area (Å²) < 4.78 is 48.8. The number of rotatable bonds is 3. The Morgan fingerprint density at radius 3 is 2.42 bits per heavy atom. The molecule has 2 heterocycles. The van der Waals surface area contributed by atoms with Crippen LogP contribution in [-0.4, -0.2) is 74.0 Å². The zero-order chi connectivity index (χ0) is 17.9. The minimum Gasteiger partial charge on any atom is -0.469 e. The van der Waals surface area contributed by atoms with Crippen molar-refractivity contribution >= 4 is 12.1 Å². The predicted octanol–water partition coefficient (Wildman–Crippen LogP) is 2.03. The average molecular weight is 352 g/mol.